The van der Waals surface area contributed by atoms with Crippen LogP contribution in [0.5, 0.6) is 0 Å². The number of rotatable bonds is 3. The topological polar surface area (TPSA) is 17.1 Å². The van der Waals surface area contributed by atoms with Crippen LogP contribution >= 0.6 is 0 Å². The van der Waals surface area contributed by atoms with Crippen molar-refractivity contribution in [1.82, 2.24) is 0 Å². The van der Waals surface area contributed by atoms with E-state index in [1.165, 1.54) is 0 Å². The fourth-order valence-electron chi connectivity index (χ4n) is 0.426. The van der Waals surface area contributed by atoms with Crippen molar-refractivity contribution in [2.24, 2.45) is 5.92 Å². The zero-order valence-corrected chi connectivity index (χ0v) is 6.35. The summed E-state index contributed by atoms with van der Waals surface area (Å²) in [6, 6.07) is 0. The Hall–Kier alpha value is -0.590. The van der Waals surface area contributed by atoms with Gasteiger partial charge in [0, 0.05) is 5.92 Å². The Kier molecular flexibility index (Phi) is 4.02. The third kappa shape index (κ3) is 3.95. The summed E-state index contributed by atoms with van der Waals surface area (Å²) < 4.78 is 0. The van der Waals surface area contributed by atoms with Crippen molar-refractivity contribution in [3.05, 3.63) is 12.2 Å². The zero-order chi connectivity index (χ0) is 7.28. The Bertz CT molecular complexity index is 112. The van der Waals surface area contributed by atoms with Gasteiger partial charge in [-0.15, -0.1) is 0 Å². The predicted molar refractivity (Wildman–Crippen MR) is 39.3 cm³/mol. The van der Waals surface area contributed by atoms with Crippen LogP contribution in [0.4, 0.5) is 0 Å². The number of hydrogen-bond donors (Lipinski definition) is 0. The van der Waals surface area contributed by atoms with Gasteiger partial charge in [0.05, 0.1) is 0 Å². The van der Waals surface area contributed by atoms with Gasteiger partial charge in [-0.3, -0.25) is 4.79 Å². The minimum absolute atomic E-state index is 0.146. The molecular formula is C8H14O. The molecule has 0 aromatic rings. The Morgan fingerprint density at radius 2 is 2.11 bits per heavy atom. The SMILES string of the molecule is CCC=CC(=O)C(C)C. The fourth-order valence-corrected chi connectivity index (χ4v) is 0.426. The summed E-state index contributed by atoms with van der Waals surface area (Å²) in [5, 5.41) is 0. The molecule has 0 saturated carbocycles. The fraction of sp³-hybridized carbons (Fsp3) is 0.625. The number of carbonyl (C=O) groups is 1. The van der Waals surface area contributed by atoms with Crippen molar-refractivity contribution < 1.29 is 4.79 Å². The van der Waals surface area contributed by atoms with Crippen LogP contribution in [0, 0.1) is 5.92 Å². The maximum Gasteiger partial charge on any atom is 0.157 e. The third-order valence-corrected chi connectivity index (χ3v) is 1.09. The lowest BCUT2D eigenvalue weighted by molar-refractivity contribution is -0.117. The molecule has 0 fully saturated rings. The van der Waals surface area contributed by atoms with Crippen LogP contribution in [0.1, 0.15) is 27.2 Å². The molecular weight excluding hydrogens is 112 g/mol. The van der Waals surface area contributed by atoms with E-state index in [0.29, 0.717) is 0 Å². The summed E-state index contributed by atoms with van der Waals surface area (Å²) in [6.45, 7) is 5.83. The molecule has 0 unspecified atom stereocenters. The maximum absolute atomic E-state index is 10.8. The Balaban J connectivity index is 3.63. The number of hydrogen-bond acceptors (Lipinski definition) is 1. The Morgan fingerprint density at radius 3 is 2.44 bits per heavy atom. The second-order valence-electron chi connectivity index (χ2n) is 2.37. The molecule has 9 heavy (non-hydrogen) atoms. The molecule has 0 rings (SSSR count). The van der Waals surface area contributed by atoms with E-state index in [1.54, 1.807) is 6.08 Å². The normalized spacial score (nSPS) is 11.1. The molecule has 1 heteroatoms. The van der Waals surface area contributed by atoms with Gasteiger partial charge in [-0.2, -0.15) is 0 Å². The highest BCUT2D eigenvalue weighted by molar-refractivity contribution is 5.91. The first-order valence-electron chi connectivity index (χ1n) is 3.38. The highest BCUT2D eigenvalue weighted by Crippen LogP contribution is 1.95. The molecule has 0 aliphatic rings. The smallest absolute Gasteiger partial charge is 0.157 e. The molecule has 0 aromatic carbocycles. The second kappa shape index (κ2) is 4.30. The summed E-state index contributed by atoms with van der Waals surface area (Å²) in [7, 11) is 0. The van der Waals surface area contributed by atoms with E-state index in [0.717, 1.165) is 6.42 Å². The minimum Gasteiger partial charge on any atom is -0.295 e. The average molecular weight is 126 g/mol. The number of allylic oxidation sites excluding steroid dienone is 2. The summed E-state index contributed by atoms with van der Waals surface area (Å²) in [5.41, 5.74) is 0. The maximum atomic E-state index is 10.8. The van der Waals surface area contributed by atoms with Crippen molar-refractivity contribution in [3.63, 3.8) is 0 Å². The summed E-state index contributed by atoms with van der Waals surface area (Å²) >= 11 is 0. The van der Waals surface area contributed by atoms with E-state index in [2.05, 4.69) is 0 Å². The Morgan fingerprint density at radius 1 is 1.56 bits per heavy atom. The van der Waals surface area contributed by atoms with Gasteiger partial charge in [-0.05, 0) is 12.5 Å². The molecule has 0 radical (unpaired) electrons. The lowest BCUT2D eigenvalue weighted by Crippen LogP contribution is -2.01. The van der Waals surface area contributed by atoms with Gasteiger partial charge in [-0.25, -0.2) is 0 Å². The van der Waals surface area contributed by atoms with E-state index in [4.69, 9.17) is 0 Å². The molecule has 0 aromatic heterocycles. The molecule has 0 N–H and O–H groups in total. The van der Waals surface area contributed by atoms with Gasteiger partial charge in [-0.1, -0.05) is 26.8 Å². The van der Waals surface area contributed by atoms with Crippen LogP contribution in [0.25, 0.3) is 0 Å². The first-order valence-corrected chi connectivity index (χ1v) is 3.38. The average Bonchev–Trinajstić information content (AvgIpc) is 1.82. The van der Waals surface area contributed by atoms with Crippen LogP contribution in [-0.4, -0.2) is 5.78 Å². The lowest BCUT2D eigenvalue weighted by Gasteiger charge is -1.94. The van der Waals surface area contributed by atoms with Crippen LogP contribution < -0.4 is 0 Å². The number of carbonyl (C=O) groups excluding carboxylic acids is 1. The van der Waals surface area contributed by atoms with E-state index < -0.39 is 0 Å². The molecule has 0 aliphatic heterocycles. The van der Waals surface area contributed by atoms with Crippen LogP contribution in [0.15, 0.2) is 12.2 Å². The van der Waals surface area contributed by atoms with E-state index in [9.17, 15) is 4.79 Å². The van der Waals surface area contributed by atoms with Crippen molar-refractivity contribution in [1.29, 1.82) is 0 Å². The zero-order valence-electron chi connectivity index (χ0n) is 6.35. The van der Waals surface area contributed by atoms with Crippen LogP contribution in [0.2, 0.25) is 0 Å². The largest absolute Gasteiger partial charge is 0.295 e. The third-order valence-electron chi connectivity index (χ3n) is 1.09. The van der Waals surface area contributed by atoms with Gasteiger partial charge in [0.25, 0.3) is 0 Å². The summed E-state index contributed by atoms with van der Waals surface area (Å²) in [6.07, 6.45) is 4.49. The van der Waals surface area contributed by atoms with E-state index in [1.807, 2.05) is 26.8 Å². The standard InChI is InChI=1S/C8H14O/c1-4-5-6-8(9)7(2)3/h5-7H,4H2,1-3H3. The molecule has 0 bridgehead atoms. The second-order valence-corrected chi connectivity index (χ2v) is 2.37. The van der Waals surface area contributed by atoms with Gasteiger partial charge < -0.3 is 0 Å². The van der Waals surface area contributed by atoms with Crippen molar-refractivity contribution in [2.75, 3.05) is 0 Å². The van der Waals surface area contributed by atoms with Crippen molar-refractivity contribution >= 4 is 5.78 Å². The first-order chi connectivity index (χ1) is 4.18. The molecule has 0 amide bonds. The van der Waals surface area contributed by atoms with E-state index in [-0.39, 0.29) is 11.7 Å². The summed E-state index contributed by atoms with van der Waals surface area (Å²) in [4.78, 5) is 10.8. The highest BCUT2D eigenvalue weighted by atomic mass is 16.1. The highest BCUT2D eigenvalue weighted by Gasteiger charge is 1.99. The lowest BCUT2D eigenvalue weighted by atomic mass is 10.1. The molecule has 0 aliphatic carbocycles. The minimum atomic E-state index is 0.146. The van der Waals surface area contributed by atoms with Crippen molar-refractivity contribution in [3.8, 4) is 0 Å². The van der Waals surface area contributed by atoms with Gasteiger partial charge in [0.15, 0.2) is 5.78 Å². The van der Waals surface area contributed by atoms with Crippen LogP contribution in [0.3, 0.4) is 0 Å². The molecule has 0 spiro atoms. The number of ketones is 1. The van der Waals surface area contributed by atoms with E-state index >= 15 is 0 Å². The van der Waals surface area contributed by atoms with Gasteiger partial charge >= 0.3 is 0 Å². The predicted octanol–water partition coefficient (Wildman–Crippen LogP) is 2.18. The molecule has 0 atom stereocenters. The molecule has 1 nitrogen and oxygen atoms in total. The van der Waals surface area contributed by atoms with Gasteiger partial charge in [0.1, 0.15) is 0 Å². The first kappa shape index (κ1) is 8.41. The van der Waals surface area contributed by atoms with Gasteiger partial charge in [0.2, 0.25) is 0 Å². The molecule has 52 valence electrons. The summed E-state index contributed by atoms with van der Waals surface area (Å²) in [5.74, 6) is 0.365. The van der Waals surface area contributed by atoms with Crippen molar-refractivity contribution in [2.45, 2.75) is 27.2 Å². The van der Waals surface area contributed by atoms with Crippen LogP contribution in [-0.2, 0) is 4.79 Å². The quantitative estimate of drug-likeness (QED) is 0.530. The molecule has 0 heterocycles. The monoisotopic (exact) mass is 126 g/mol. The Labute approximate surface area is 56.8 Å². The molecule has 0 saturated heterocycles.